The molecule has 44 heavy (non-hydrogen) atoms. The van der Waals surface area contributed by atoms with E-state index >= 15 is 0 Å². The van der Waals surface area contributed by atoms with Gasteiger partial charge in [0.15, 0.2) is 0 Å². The third-order valence-electron chi connectivity index (χ3n) is 5.98. The number of amides is 6. The van der Waals surface area contributed by atoms with Crippen molar-refractivity contribution in [3.8, 4) is 0 Å². The Morgan fingerprint density at radius 3 is 2.18 bits per heavy atom. The van der Waals surface area contributed by atoms with Crippen LogP contribution in [-0.4, -0.2) is 70.9 Å². The Hall–Kier alpha value is -4.43. The molecule has 0 fully saturated rings. The Labute approximate surface area is 260 Å². The minimum atomic E-state index is -0.475. The molecule has 0 aliphatic carbocycles. The molecule has 0 bridgehead atoms. The highest BCUT2D eigenvalue weighted by molar-refractivity contribution is 5.94. The standard InChI is InChI=1S/C26H40N6O5.C4H10N2O/c1-4-8-25(37)31(18-34)14-7-5-6-9-23(35)30-26(19(2)3)22(27)15-32(28)16-24(36)29-21-12-10-20(17-33)11-13-21;1-2-3-6-4(5)7/h4,8,10-13,15,18-19,26,33H,5-7,9,14,16-17,27-28H2,1-3H3,(H,29,36)(H,30,35);2-3H2,1H3,(H3,5,6,7)/b8-4-,22-15-;. The summed E-state index contributed by atoms with van der Waals surface area (Å²) in [5.74, 6) is 5.03. The van der Waals surface area contributed by atoms with Gasteiger partial charge in [-0.25, -0.2) is 10.6 Å². The number of primary amides is 1. The van der Waals surface area contributed by atoms with Crippen molar-refractivity contribution in [3.05, 3.63) is 53.9 Å². The molecule has 14 heteroatoms. The number of urea groups is 1. The van der Waals surface area contributed by atoms with Crippen LogP contribution in [0.25, 0.3) is 0 Å². The Morgan fingerprint density at radius 1 is 1.02 bits per heavy atom. The second-order valence-corrected chi connectivity index (χ2v) is 10.2. The molecule has 246 valence electrons. The highest BCUT2D eigenvalue weighted by atomic mass is 16.3. The van der Waals surface area contributed by atoms with E-state index in [2.05, 4.69) is 16.0 Å². The van der Waals surface area contributed by atoms with Crippen LogP contribution in [0.15, 0.2) is 48.3 Å². The maximum absolute atomic E-state index is 12.5. The number of rotatable bonds is 18. The number of allylic oxidation sites excluding steroid dienone is 1. The van der Waals surface area contributed by atoms with Gasteiger partial charge in [-0.2, -0.15) is 0 Å². The molecule has 0 heterocycles. The van der Waals surface area contributed by atoms with Crippen LogP contribution in [0.3, 0.4) is 0 Å². The first-order valence-electron chi connectivity index (χ1n) is 14.6. The molecule has 0 radical (unpaired) electrons. The molecule has 1 atom stereocenters. The first-order chi connectivity index (χ1) is 20.9. The van der Waals surface area contributed by atoms with E-state index in [-0.39, 0.29) is 43.2 Å². The van der Waals surface area contributed by atoms with Crippen LogP contribution in [0.4, 0.5) is 10.5 Å². The number of aliphatic hydroxyl groups is 1. The number of hydrogen-bond donors (Lipinski definition) is 7. The Balaban J connectivity index is 0.00000234. The number of benzene rings is 1. The van der Waals surface area contributed by atoms with Gasteiger partial charge < -0.3 is 37.5 Å². The van der Waals surface area contributed by atoms with E-state index in [0.29, 0.717) is 50.1 Å². The summed E-state index contributed by atoms with van der Waals surface area (Å²) in [7, 11) is 0. The Kier molecular flexibility index (Phi) is 20.8. The van der Waals surface area contributed by atoms with Crippen molar-refractivity contribution in [2.24, 2.45) is 23.2 Å². The molecule has 0 aliphatic rings. The van der Waals surface area contributed by atoms with Crippen LogP contribution in [0.5, 0.6) is 0 Å². The number of carbonyl (C=O) groups is 5. The highest BCUT2D eigenvalue weighted by Gasteiger charge is 2.20. The van der Waals surface area contributed by atoms with Crippen LogP contribution in [0.2, 0.25) is 0 Å². The number of unbranched alkanes of at least 4 members (excludes halogenated alkanes) is 2. The topological polar surface area (TPSA) is 226 Å². The predicted molar refractivity (Wildman–Crippen MR) is 170 cm³/mol. The third kappa shape index (κ3) is 18.2. The van der Waals surface area contributed by atoms with E-state index < -0.39 is 12.1 Å². The van der Waals surface area contributed by atoms with E-state index in [9.17, 15) is 24.0 Å². The van der Waals surface area contributed by atoms with Gasteiger partial charge in [0.2, 0.25) is 18.2 Å². The lowest BCUT2D eigenvalue weighted by atomic mass is 10.0. The van der Waals surface area contributed by atoms with Crippen LogP contribution >= 0.6 is 0 Å². The summed E-state index contributed by atoms with van der Waals surface area (Å²) in [6.07, 6.45) is 7.91. The quantitative estimate of drug-likeness (QED) is 0.0414. The van der Waals surface area contributed by atoms with E-state index in [1.165, 1.54) is 12.3 Å². The molecular weight excluding hydrogens is 568 g/mol. The predicted octanol–water partition coefficient (Wildman–Crippen LogP) is 1.42. The van der Waals surface area contributed by atoms with Gasteiger partial charge in [0.25, 0.3) is 5.91 Å². The van der Waals surface area contributed by atoms with E-state index in [1.807, 2.05) is 20.8 Å². The maximum atomic E-state index is 12.5. The molecule has 0 spiro atoms. The minimum absolute atomic E-state index is 0.0220. The summed E-state index contributed by atoms with van der Waals surface area (Å²) in [6, 6.07) is 5.85. The van der Waals surface area contributed by atoms with Crippen molar-refractivity contribution in [1.29, 1.82) is 0 Å². The van der Waals surface area contributed by atoms with Gasteiger partial charge in [-0.1, -0.05) is 45.4 Å². The van der Waals surface area contributed by atoms with Crippen LogP contribution in [0.1, 0.15) is 65.4 Å². The maximum Gasteiger partial charge on any atom is 0.312 e. The lowest BCUT2D eigenvalue weighted by Gasteiger charge is -2.25. The second kappa shape index (κ2) is 23.1. The van der Waals surface area contributed by atoms with Gasteiger partial charge in [-0.15, -0.1) is 0 Å². The average Bonchev–Trinajstić information content (AvgIpc) is 2.97. The van der Waals surface area contributed by atoms with Gasteiger partial charge in [0, 0.05) is 37.1 Å². The van der Waals surface area contributed by atoms with E-state index in [4.69, 9.17) is 22.4 Å². The molecule has 0 aliphatic heterocycles. The van der Waals surface area contributed by atoms with Gasteiger partial charge in [0.05, 0.1) is 12.6 Å². The summed E-state index contributed by atoms with van der Waals surface area (Å²) < 4.78 is 0. The monoisotopic (exact) mass is 618 g/mol. The number of anilines is 1. The molecule has 0 aromatic heterocycles. The number of nitrogens with one attached hydrogen (secondary N) is 3. The van der Waals surface area contributed by atoms with Crippen molar-refractivity contribution in [2.75, 3.05) is 25.0 Å². The van der Waals surface area contributed by atoms with Gasteiger partial charge in [-0.05, 0) is 55.9 Å². The second-order valence-electron chi connectivity index (χ2n) is 10.2. The van der Waals surface area contributed by atoms with Crippen molar-refractivity contribution in [3.63, 3.8) is 0 Å². The zero-order valence-corrected chi connectivity index (χ0v) is 26.3. The fourth-order valence-corrected chi connectivity index (χ4v) is 3.70. The molecule has 10 N–H and O–H groups in total. The third-order valence-corrected chi connectivity index (χ3v) is 5.98. The molecular formula is C30H50N8O6. The fourth-order valence-electron chi connectivity index (χ4n) is 3.70. The Bertz CT molecular complexity index is 1090. The number of hydrogen-bond acceptors (Lipinski definition) is 9. The lowest BCUT2D eigenvalue weighted by Crippen LogP contribution is -2.44. The molecule has 14 nitrogen and oxygen atoms in total. The number of nitrogens with zero attached hydrogens (tertiary/aromatic N) is 2. The van der Waals surface area contributed by atoms with Gasteiger partial charge in [-0.3, -0.25) is 24.1 Å². The normalized spacial score (nSPS) is 11.7. The van der Waals surface area contributed by atoms with Gasteiger partial charge >= 0.3 is 6.03 Å². The van der Waals surface area contributed by atoms with Crippen molar-refractivity contribution in [2.45, 2.75) is 72.4 Å². The molecule has 0 saturated carbocycles. The minimum Gasteiger partial charge on any atom is -0.399 e. The van der Waals surface area contributed by atoms with Crippen LogP contribution in [-0.2, 0) is 25.8 Å². The molecule has 1 unspecified atom stereocenters. The highest BCUT2D eigenvalue weighted by Crippen LogP contribution is 2.11. The number of hydrazine groups is 1. The Morgan fingerprint density at radius 2 is 1.68 bits per heavy atom. The first kappa shape index (κ1) is 39.6. The SMILES string of the molecule is C/C=C\C(=O)N(C=O)CCCCCC(=O)NC(/C(N)=C/N(N)CC(=O)Nc1ccc(CO)cc1)C(C)C.CCCNC(N)=O. The van der Waals surface area contributed by atoms with E-state index in [1.54, 1.807) is 37.3 Å². The lowest BCUT2D eigenvalue weighted by molar-refractivity contribution is -0.134. The molecule has 6 amide bonds. The van der Waals surface area contributed by atoms with Gasteiger partial charge in [0.1, 0.15) is 6.54 Å². The van der Waals surface area contributed by atoms with E-state index in [0.717, 1.165) is 21.9 Å². The summed E-state index contributed by atoms with van der Waals surface area (Å²) in [5, 5.41) is 18.3. The molecule has 1 aromatic rings. The molecule has 1 aromatic carbocycles. The number of aliphatic hydroxyl groups excluding tert-OH is 1. The number of imide groups is 1. The van der Waals surface area contributed by atoms with Crippen molar-refractivity contribution in [1.82, 2.24) is 20.5 Å². The summed E-state index contributed by atoms with van der Waals surface area (Å²) in [6.45, 7) is 8.22. The summed E-state index contributed by atoms with van der Waals surface area (Å²) >= 11 is 0. The van der Waals surface area contributed by atoms with Crippen molar-refractivity contribution < 1.29 is 29.1 Å². The largest absolute Gasteiger partial charge is 0.399 e. The summed E-state index contributed by atoms with van der Waals surface area (Å²) in [4.78, 5) is 58.5. The smallest absolute Gasteiger partial charge is 0.312 e. The molecule has 1 rings (SSSR count). The van der Waals surface area contributed by atoms with Crippen LogP contribution in [0, 0.1) is 5.92 Å². The fraction of sp³-hybridized carbons (Fsp3) is 0.500. The zero-order valence-electron chi connectivity index (χ0n) is 26.3. The molecule has 0 saturated heterocycles. The zero-order chi connectivity index (χ0) is 33.5. The summed E-state index contributed by atoms with van der Waals surface area (Å²) in [5.41, 5.74) is 12.5. The first-order valence-corrected chi connectivity index (χ1v) is 14.6. The van der Waals surface area contributed by atoms with Crippen LogP contribution < -0.4 is 33.3 Å². The van der Waals surface area contributed by atoms with Crippen molar-refractivity contribution >= 4 is 35.9 Å². The number of nitrogens with two attached hydrogens (primary N) is 3. The number of carbonyl (C=O) groups excluding carboxylic acids is 5. The average molecular weight is 619 g/mol.